The third-order valence-corrected chi connectivity index (χ3v) is 5.64. The van der Waals surface area contributed by atoms with Gasteiger partial charge in [-0.1, -0.05) is 66.7 Å². The predicted molar refractivity (Wildman–Crippen MR) is 134 cm³/mol. The van der Waals surface area contributed by atoms with E-state index < -0.39 is 11.6 Å². The summed E-state index contributed by atoms with van der Waals surface area (Å²) in [6.07, 6.45) is 0.561. The SMILES string of the molecule is Cc1ccccc1CC(=O)N(Cc1ccc(F)cc1)C(Cc1ccccc1)C(=O)NC(C)(C)C. The lowest BCUT2D eigenvalue weighted by Gasteiger charge is -2.34. The van der Waals surface area contributed by atoms with Crippen LogP contribution in [0.3, 0.4) is 0 Å². The molecule has 1 atom stereocenters. The smallest absolute Gasteiger partial charge is 0.243 e. The maximum absolute atomic E-state index is 13.7. The number of nitrogens with zero attached hydrogens (tertiary/aromatic N) is 1. The van der Waals surface area contributed by atoms with Crippen molar-refractivity contribution >= 4 is 11.8 Å². The molecule has 0 aliphatic heterocycles. The van der Waals surface area contributed by atoms with Crippen molar-refractivity contribution in [3.8, 4) is 0 Å². The average Bonchev–Trinajstić information content (AvgIpc) is 2.78. The van der Waals surface area contributed by atoms with E-state index in [9.17, 15) is 14.0 Å². The molecule has 4 nitrogen and oxygen atoms in total. The quantitative estimate of drug-likeness (QED) is 0.500. The molecule has 0 aliphatic carbocycles. The van der Waals surface area contributed by atoms with Crippen molar-refractivity contribution in [1.82, 2.24) is 10.2 Å². The van der Waals surface area contributed by atoms with E-state index in [-0.39, 0.29) is 30.6 Å². The minimum absolute atomic E-state index is 0.149. The molecule has 0 saturated carbocycles. The summed E-state index contributed by atoms with van der Waals surface area (Å²) in [7, 11) is 0. The number of rotatable bonds is 8. The van der Waals surface area contributed by atoms with E-state index in [1.54, 1.807) is 17.0 Å². The van der Waals surface area contributed by atoms with E-state index in [1.807, 2.05) is 82.3 Å². The lowest BCUT2D eigenvalue weighted by molar-refractivity contribution is -0.141. The normalized spacial score (nSPS) is 12.1. The molecule has 178 valence electrons. The topological polar surface area (TPSA) is 49.4 Å². The number of carbonyl (C=O) groups is 2. The maximum Gasteiger partial charge on any atom is 0.243 e. The van der Waals surface area contributed by atoms with Gasteiger partial charge in [0, 0.05) is 18.5 Å². The molecule has 0 spiro atoms. The van der Waals surface area contributed by atoms with Crippen LogP contribution in [0.25, 0.3) is 0 Å². The summed E-state index contributed by atoms with van der Waals surface area (Å²) < 4.78 is 13.5. The van der Waals surface area contributed by atoms with Crippen molar-refractivity contribution in [2.24, 2.45) is 0 Å². The number of benzene rings is 3. The largest absolute Gasteiger partial charge is 0.350 e. The molecule has 0 aliphatic rings. The van der Waals surface area contributed by atoms with Gasteiger partial charge in [-0.25, -0.2) is 4.39 Å². The Balaban J connectivity index is 1.99. The number of nitrogens with one attached hydrogen (secondary N) is 1. The summed E-state index contributed by atoms with van der Waals surface area (Å²) in [6.45, 7) is 7.94. The predicted octanol–water partition coefficient (Wildman–Crippen LogP) is 5.23. The van der Waals surface area contributed by atoms with Crippen LogP contribution in [-0.2, 0) is 29.0 Å². The van der Waals surface area contributed by atoms with Crippen LogP contribution in [0.4, 0.5) is 4.39 Å². The lowest BCUT2D eigenvalue weighted by Crippen LogP contribution is -2.54. The first-order valence-electron chi connectivity index (χ1n) is 11.6. The van der Waals surface area contributed by atoms with Crippen LogP contribution < -0.4 is 5.32 Å². The summed E-state index contributed by atoms with van der Waals surface area (Å²) in [5.41, 5.74) is 3.22. The highest BCUT2D eigenvalue weighted by atomic mass is 19.1. The summed E-state index contributed by atoms with van der Waals surface area (Å²) in [4.78, 5) is 28.9. The molecule has 2 amide bonds. The van der Waals surface area contributed by atoms with Gasteiger partial charge in [-0.05, 0) is 62.1 Å². The van der Waals surface area contributed by atoms with Gasteiger partial charge >= 0.3 is 0 Å². The highest BCUT2D eigenvalue weighted by Crippen LogP contribution is 2.19. The van der Waals surface area contributed by atoms with Crippen LogP contribution in [0, 0.1) is 12.7 Å². The molecule has 3 rings (SSSR count). The monoisotopic (exact) mass is 460 g/mol. The van der Waals surface area contributed by atoms with Crippen LogP contribution in [0.1, 0.15) is 43.0 Å². The highest BCUT2D eigenvalue weighted by Gasteiger charge is 2.32. The van der Waals surface area contributed by atoms with E-state index in [1.165, 1.54) is 12.1 Å². The number of aryl methyl sites for hydroxylation is 1. The maximum atomic E-state index is 13.7. The molecule has 3 aromatic carbocycles. The van der Waals surface area contributed by atoms with Gasteiger partial charge in [0.05, 0.1) is 6.42 Å². The van der Waals surface area contributed by atoms with Crippen molar-refractivity contribution in [2.75, 3.05) is 0 Å². The third-order valence-electron chi connectivity index (χ3n) is 5.64. The van der Waals surface area contributed by atoms with Crippen molar-refractivity contribution in [3.63, 3.8) is 0 Å². The minimum atomic E-state index is -0.719. The molecule has 0 bridgehead atoms. The van der Waals surface area contributed by atoms with Crippen LogP contribution in [-0.4, -0.2) is 28.3 Å². The second kappa shape index (κ2) is 11.1. The van der Waals surface area contributed by atoms with Crippen LogP contribution in [0.2, 0.25) is 0 Å². The fraction of sp³-hybridized carbons (Fsp3) is 0.310. The van der Waals surface area contributed by atoms with Gasteiger partial charge in [0.15, 0.2) is 0 Å². The molecule has 0 aromatic heterocycles. The molecular formula is C29H33FN2O2. The minimum Gasteiger partial charge on any atom is -0.350 e. The molecule has 0 heterocycles. The van der Waals surface area contributed by atoms with E-state index in [4.69, 9.17) is 0 Å². The van der Waals surface area contributed by atoms with Crippen LogP contribution in [0.15, 0.2) is 78.9 Å². The van der Waals surface area contributed by atoms with Gasteiger partial charge in [0.2, 0.25) is 11.8 Å². The molecule has 1 N–H and O–H groups in total. The summed E-state index contributed by atoms with van der Waals surface area (Å²) >= 11 is 0. The average molecular weight is 461 g/mol. The Morgan fingerprint density at radius 1 is 0.882 bits per heavy atom. The Labute approximate surface area is 201 Å². The number of carbonyl (C=O) groups excluding carboxylic acids is 2. The summed E-state index contributed by atoms with van der Waals surface area (Å²) in [5.74, 6) is -0.701. The van der Waals surface area contributed by atoms with E-state index in [0.29, 0.717) is 6.42 Å². The Morgan fingerprint density at radius 3 is 2.12 bits per heavy atom. The number of amides is 2. The molecule has 0 radical (unpaired) electrons. The van der Waals surface area contributed by atoms with E-state index in [0.717, 1.165) is 22.3 Å². The zero-order chi connectivity index (χ0) is 24.7. The summed E-state index contributed by atoms with van der Waals surface area (Å²) in [5, 5.41) is 3.05. The number of hydrogen-bond acceptors (Lipinski definition) is 2. The Morgan fingerprint density at radius 2 is 1.50 bits per heavy atom. The van der Waals surface area contributed by atoms with E-state index in [2.05, 4.69) is 5.32 Å². The number of hydrogen-bond donors (Lipinski definition) is 1. The molecule has 34 heavy (non-hydrogen) atoms. The van der Waals surface area contributed by atoms with Crippen molar-refractivity contribution < 1.29 is 14.0 Å². The fourth-order valence-electron chi connectivity index (χ4n) is 3.87. The van der Waals surface area contributed by atoms with Gasteiger partial charge in [0.1, 0.15) is 11.9 Å². The Hall–Kier alpha value is -3.47. The zero-order valence-electron chi connectivity index (χ0n) is 20.3. The van der Waals surface area contributed by atoms with Gasteiger partial charge in [-0.2, -0.15) is 0 Å². The Kier molecular flexibility index (Phi) is 8.21. The standard InChI is InChI=1S/C29H33FN2O2/c1-21-10-8-9-13-24(21)19-27(33)32(20-23-14-16-25(30)17-15-23)26(28(34)31-29(2,3)4)18-22-11-6-5-7-12-22/h5-17,26H,18-20H2,1-4H3,(H,31,34). The molecule has 0 saturated heterocycles. The van der Waals surface area contributed by atoms with Gasteiger partial charge in [0.25, 0.3) is 0 Å². The number of halogens is 1. The molecule has 5 heteroatoms. The van der Waals surface area contributed by atoms with Crippen LogP contribution in [0.5, 0.6) is 0 Å². The van der Waals surface area contributed by atoms with E-state index >= 15 is 0 Å². The zero-order valence-corrected chi connectivity index (χ0v) is 20.3. The molecule has 0 fully saturated rings. The van der Waals surface area contributed by atoms with Gasteiger partial charge in [-0.15, -0.1) is 0 Å². The molecule has 3 aromatic rings. The first-order chi connectivity index (χ1) is 16.1. The Bertz CT molecular complexity index is 1100. The summed E-state index contributed by atoms with van der Waals surface area (Å²) in [6, 6.07) is 22.8. The van der Waals surface area contributed by atoms with Crippen molar-refractivity contribution in [3.05, 3.63) is 107 Å². The lowest BCUT2D eigenvalue weighted by atomic mass is 9.99. The highest BCUT2D eigenvalue weighted by molar-refractivity contribution is 5.89. The van der Waals surface area contributed by atoms with Crippen LogP contribution >= 0.6 is 0 Å². The third kappa shape index (κ3) is 7.27. The first-order valence-corrected chi connectivity index (χ1v) is 11.6. The second-order valence-corrected chi connectivity index (χ2v) is 9.70. The molecular weight excluding hydrogens is 427 g/mol. The molecule has 1 unspecified atom stereocenters. The fourth-order valence-corrected chi connectivity index (χ4v) is 3.87. The van der Waals surface area contributed by atoms with Gasteiger partial charge in [-0.3, -0.25) is 9.59 Å². The second-order valence-electron chi connectivity index (χ2n) is 9.70. The van der Waals surface area contributed by atoms with Crippen molar-refractivity contribution in [2.45, 2.75) is 58.7 Å². The first kappa shape index (κ1) is 25.2. The van der Waals surface area contributed by atoms with Crippen molar-refractivity contribution in [1.29, 1.82) is 0 Å². The van der Waals surface area contributed by atoms with Gasteiger partial charge < -0.3 is 10.2 Å².